The summed E-state index contributed by atoms with van der Waals surface area (Å²) >= 11 is 0. The Balaban J connectivity index is 1.32. The Morgan fingerprint density at radius 2 is 1.62 bits per heavy atom. The van der Waals surface area contributed by atoms with Gasteiger partial charge in [0.1, 0.15) is 5.70 Å². The van der Waals surface area contributed by atoms with Gasteiger partial charge in [-0.3, -0.25) is 19.3 Å². The van der Waals surface area contributed by atoms with Gasteiger partial charge in [0.2, 0.25) is 17.7 Å². The minimum Gasteiger partial charge on any atom is -0.351 e. The number of benzene rings is 2. The Kier molecular flexibility index (Phi) is 10.8. The standard InChI is InChI=1S/C32H41F2N5O3/c1-2-28(40)37-27(31(42)39-18-16-38(17-19-39)22-25-6-4-3-5-7-25)20-23-8-10-24(11-9-23)21-36-30(41)29(35)26-12-14-32(33,34)15-13-26/h3-11,20,26,29H,2,12-19,21-22,35H2,1H3,(H,36,41)(H,37,40)/b27-20+/t29-/m0/s1. The van der Waals surface area contributed by atoms with Crippen LogP contribution in [0.5, 0.6) is 0 Å². The minimum atomic E-state index is -2.66. The van der Waals surface area contributed by atoms with E-state index in [-0.39, 0.29) is 68.0 Å². The van der Waals surface area contributed by atoms with Crippen LogP contribution in [0.25, 0.3) is 6.08 Å². The molecule has 1 saturated carbocycles. The number of hydrogen-bond donors (Lipinski definition) is 3. The van der Waals surface area contributed by atoms with E-state index >= 15 is 0 Å². The molecule has 1 aliphatic carbocycles. The van der Waals surface area contributed by atoms with Gasteiger partial charge < -0.3 is 21.3 Å². The lowest BCUT2D eigenvalue weighted by Gasteiger charge is -2.35. The number of carbonyl (C=O) groups is 3. The van der Waals surface area contributed by atoms with Gasteiger partial charge in [0.05, 0.1) is 6.04 Å². The summed E-state index contributed by atoms with van der Waals surface area (Å²) in [4.78, 5) is 42.3. The van der Waals surface area contributed by atoms with Gasteiger partial charge >= 0.3 is 0 Å². The molecular weight excluding hydrogens is 540 g/mol. The van der Waals surface area contributed by atoms with Crippen LogP contribution in [-0.4, -0.2) is 65.7 Å². The Labute approximate surface area is 246 Å². The molecule has 2 fully saturated rings. The highest BCUT2D eigenvalue weighted by Crippen LogP contribution is 2.37. The van der Waals surface area contributed by atoms with E-state index in [0.717, 1.165) is 30.8 Å². The van der Waals surface area contributed by atoms with Crippen LogP contribution < -0.4 is 16.4 Å². The second kappa shape index (κ2) is 14.5. The van der Waals surface area contributed by atoms with Gasteiger partial charge in [-0.2, -0.15) is 0 Å². The van der Waals surface area contributed by atoms with Crippen LogP contribution in [-0.2, 0) is 27.5 Å². The molecule has 2 aliphatic rings. The summed E-state index contributed by atoms with van der Waals surface area (Å²) in [6.45, 7) is 5.42. The molecule has 0 bridgehead atoms. The largest absolute Gasteiger partial charge is 0.351 e. The summed E-state index contributed by atoms with van der Waals surface area (Å²) in [7, 11) is 0. The van der Waals surface area contributed by atoms with Crippen molar-refractivity contribution in [1.82, 2.24) is 20.4 Å². The Morgan fingerprint density at radius 3 is 2.24 bits per heavy atom. The molecule has 2 aromatic carbocycles. The van der Waals surface area contributed by atoms with E-state index in [1.807, 2.05) is 42.5 Å². The SMILES string of the molecule is CCC(=O)N/C(=C/c1ccc(CNC(=O)[C@@H](N)C2CCC(F)(F)CC2)cc1)C(=O)N1CCN(Cc2ccccc2)CC1. The second-order valence-electron chi connectivity index (χ2n) is 11.2. The molecule has 1 aliphatic heterocycles. The Bertz CT molecular complexity index is 1230. The lowest BCUT2D eigenvalue weighted by molar-refractivity contribution is -0.131. The monoisotopic (exact) mass is 581 g/mol. The van der Waals surface area contributed by atoms with Crippen LogP contribution >= 0.6 is 0 Å². The molecule has 1 heterocycles. The molecule has 0 spiro atoms. The van der Waals surface area contributed by atoms with E-state index in [0.29, 0.717) is 13.1 Å². The summed E-state index contributed by atoms with van der Waals surface area (Å²) in [5, 5.41) is 5.57. The zero-order chi connectivity index (χ0) is 30.1. The number of alkyl halides is 2. The fourth-order valence-corrected chi connectivity index (χ4v) is 5.35. The zero-order valence-corrected chi connectivity index (χ0v) is 24.2. The predicted octanol–water partition coefficient (Wildman–Crippen LogP) is 3.67. The highest BCUT2D eigenvalue weighted by molar-refractivity contribution is 6.01. The molecule has 0 aromatic heterocycles. The van der Waals surface area contributed by atoms with Crippen LogP contribution in [0.4, 0.5) is 8.78 Å². The van der Waals surface area contributed by atoms with E-state index < -0.39 is 12.0 Å². The first-order chi connectivity index (χ1) is 20.1. The van der Waals surface area contributed by atoms with Crippen LogP contribution in [0.2, 0.25) is 0 Å². The predicted molar refractivity (Wildman–Crippen MR) is 158 cm³/mol. The molecule has 0 radical (unpaired) electrons. The maximum absolute atomic E-state index is 13.4. The van der Waals surface area contributed by atoms with Crippen LogP contribution in [0.1, 0.15) is 55.7 Å². The number of hydrogen-bond acceptors (Lipinski definition) is 5. The average molecular weight is 582 g/mol. The van der Waals surface area contributed by atoms with Gasteiger partial charge in [0.15, 0.2) is 0 Å². The molecular formula is C32H41F2N5O3. The quantitative estimate of drug-likeness (QED) is 0.371. The van der Waals surface area contributed by atoms with Crippen molar-refractivity contribution in [3.8, 4) is 0 Å². The summed E-state index contributed by atoms with van der Waals surface area (Å²) in [5.41, 5.74) is 9.08. The number of nitrogens with zero attached hydrogens (tertiary/aromatic N) is 2. The summed E-state index contributed by atoms with van der Waals surface area (Å²) < 4.78 is 26.9. The summed E-state index contributed by atoms with van der Waals surface area (Å²) in [5.74, 6) is -3.73. The van der Waals surface area contributed by atoms with E-state index in [2.05, 4.69) is 27.7 Å². The van der Waals surface area contributed by atoms with Crippen LogP contribution in [0.15, 0.2) is 60.3 Å². The van der Waals surface area contributed by atoms with E-state index in [4.69, 9.17) is 5.73 Å². The molecule has 0 unspecified atom stereocenters. The summed E-state index contributed by atoms with van der Waals surface area (Å²) in [6.07, 6.45) is 1.93. The molecule has 10 heteroatoms. The topological polar surface area (TPSA) is 108 Å². The highest BCUT2D eigenvalue weighted by atomic mass is 19.3. The third kappa shape index (κ3) is 8.93. The summed E-state index contributed by atoms with van der Waals surface area (Å²) in [6, 6.07) is 16.7. The number of nitrogens with one attached hydrogen (secondary N) is 2. The van der Waals surface area contributed by atoms with Gasteiger partial charge in [-0.1, -0.05) is 61.5 Å². The fourth-order valence-electron chi connectivity index (χ4n) is 5.35. The van der Waals surface area contributed by atoms with Crippen molar-refractivity contribution in [2.24, 2.45) is 11.7 Å². The first kappa shape index (κ1) is 31.3. The van der Waals surface area contributed by atoms with E-state index in [9.17, 15) is 23.2 Å². The number of halogens is 2. The molecule has 4 rings (SSSR count). The molecule has 42 heavy (non-hydrogen) atoms. The minimum absolute atomic E-state index is 0.220. The van der Waals surface area contributed by atoms with Crippen LogP contribution in [0.3, 0.4) is 0 Å². The molecule has 2 aromatic rings. The molecule has 1 saturated heterocycles. The van der Waals surface area contributed by atoms with Crippen LogP contribution in [0, 0.1) is 5.92 Å². The first-order valence-corrected chi connectivity index (χ1v) is 14.7. The number of nitrogens with two attached hydrogens (primary N) is 1. The van der Waals surface area contributed by atoms with Crippen molar-refractivity contribution in [3.63, 3.8) is 0 Å². The fraction of sp³-hybridized carbons (Fsp3) is 0.469. The normalized spacial score (nSPS) is 18.8. The highest BCUT2D eigenvalue weighted by Gasteiger charge is 2.38. The van der Waals surface area contributed by atoms with Crippen molar-refractivity contribution >= 4 is 23.8 Å². The molecule has 226 valence electrons. The molecule has 4 N–H and O–H groups in total. The van der Waals surface area contributed by atoms with Crippen molar-refractivity contribution in [2.75, 3.05) is 26.2 Å². The number of carbonyl (C=O) groups excluding carboxylic acids is 3. The van der Waals surface area contributed by atoms with Crippen molar-refractivity contribution in [2.45, 2.75) is 64.1 Å². The lowest BCUT2D eigenvalue weighted by Crippen LogP contribution is -2.50. The van der Waals surface area contributed by atoms with Gasteiger partial charge in [0, 0.05) is 58.5 Å². The third-order valence-electron chi connectivity index (χ3n) is 8.06. The molecule has 1 atom stereocenters. The molecule has 8 nitrogen and oxygen atoms in total. The van der Waals surface area contributed by atoms with Gasteiger partial charge in [-0.05, 0) is 41.5 Å². The maximum atomic E-state index is 13.4. The second-order valence-corrected chi connectivity index (χ2v) is 11.2. The maximum Gasteiger partial charge on any atom is 0.270 e. The van der Waals surface area contributed by atoms with E-state index in [1.165, 1.54) is 5.56 Å². The first-order valence-electron chi connectivity index (χ1n) is 14.7. The molecule has 3 amide bonds. The van der Waals surface area contributed by atoms with Gasteiger partial charge in [-0.25, -0.2) is 8.78 Å². The number of rotatable bonds is 10. The third-order valence-corrected chi connectivity index (χ3v) is 8.06. The lowest BCUT2D eigenvalue weighted by atomic mass is 9.82. The van der Waals surface area contributed by atoms with Gasteiger partial charge in [0.25, 0.3) is 5.91 Å². The van der Waals surface area contributed by atoms with Crippen molar-refractivity contribution in [1.29, 1.82) is 0 Å². The smallest absolute Gasteiger partial charge is 0.270 e. The zero-order valence-electron chi connectivity index (χ0n) is 24.2. The number of amides is 3. The average Bonchev–Trinajstić information content (AvgIpc) is 3.00. The van der Waals surface area contributed by atoms with E-state index in [1.54, 1.807) is 17.9 Å². The Hall–Kier alpha value is -3.63. The number of piperazine rings is 1. The Morgan fingerprint density at radius 1 is 0.976 bits per heavy atom. The van der Waals surface area contributed by atoms with Crippen molar-refractivity contribution in [3.05, 3.63) is 77.0 Å². The van der Waals surface area contributed by atoms with Crippen molar-refractivity contribution < 1.29 is 23.2 Å². The van der Waals surface area contributed by atoms with Gasteiger partial charge in [-0.15, -0.1) is 0 Å².